The number of likely N-dealkylation sites (tertiary alicyclic amines) is 2. The number of nitrogens with one attached hydrogen (secondary N) is 1. The minimum atomic E-state index is -0.458. The molecular formula is C23H29F2N3O2. The second-order valence-corrected chi connectivity index (χ2v) is 8.63. The third-order valence-corrected chi connectivity index (χ3v) is 6.60. The first-order valence-electron chi connectivity index (χ1n) is 11.0. The SMILES string of the molecule is O=C(NC1CCN(C(=O)C2CCC2)CC1)N1CCC(=Cc2cc(F)ccc2F)CC1. The number of hydrogen-bond acceptors (Lipinski definition) is 2. The molecule has 1 saturated carbocycles. The van der Waals surface area contributed by atoms with Crippen molar-refractivity contribution < 1.29 is 18.4 Å². The molecule has 3 fully saturated rings. The van der Waals surface area contributed by atoms with Crippen LogP contribution in [0.15, 0.2) is 23.8 Å². The molecule has 7 heteroatoms. The van der Waals surface area contributed by atoms with Crippen molar-refractivity contribution in [2.45, 2.75) is 51.0 Å². The Morgan fingerprint density at radius 1 is 0.967 bits per heavy atom. The van der Waals surface area contributed by atoms with Gasteiger partial charge in [-0.05, 0) is 56.7 Å². The smallest absolute Gasteiger partial charge is 0.317 e. The number of hydrogen-bond donors (Lipinski definition) is 1. The first kappa shape index (κ1) is 20.8. The van der Waals surface area contributed by atoms with Crippen LogP contribution < -0.4 is 5.32 Å². The summed E-state index contributed by atoms with van der Waals surface area (Å²) in [6.45, 7) is 2.56. The molecular weight excluding hydrogens is 388 g/mol. The summed E-state index contributed by atoms with van der Waals surface area (Å²) in [5, 5.41) is 3.11. The van der Waals surface area contributed by atoms with Crippen LogP contribution in [-0.4, -0.2) is 54.0 Å². The number of nitrogens with zero attached hydrogens (tertiary/aromatic N) is 2. The van der Waals surface area contributed by atoms with Crippen LogP contribution in [0.2, 0.25) is 0 Å². The molecule has 5 nitrogen and oxygen atoms in total. The summed E-state index contributed by atoms with van der Waals surface area (Å²) in [7, 11) is 0. The molecule has 0 atom stereocenters. The Labute approximate surface area is 176 Å². The van der Waals surface area contributed by atoms with Crippen molar-refractivity contribution >= 4 is 18.0 Å². The molecule has 162 valence electrons. The van der Waals surface area contributed by atoms with Crippen molar-refractivity contribution in [2.24, 2.45) is 5.92 Å². The van der Waals surface area contributed by atoms with Crippen molar-refractivity contribution in [3.05, 3.63) is 41.0 Å². The lowest BCUT2D eigenvalue weighted by Gasteiger charge is -2.37. The molecule has 0 bridgehead atoms. The summed E-state index contributed by atoms with van der Waals surface area (Å²) in [5.41, 5.74) is 1.28. The maximum absolute atomic E-state index is 13.8. The molecule has 3 amide bonds. The van der Waals surface area contributed by atoms with E-state index >= 15 is 0 Å². The van der Waals surface area contributed by atoms with Gasteiger partial charge in [-0.15, -0.1) is 0 Å². The van der Waals surface area contributed by atoms with Gasteiger partial charge in [0.15, 0.2) is 0 Å². The summed E-state index contributed by atoms with van der Waals surface area (Å²) >= 11 is 0. The van der Waals surface area contributed by atoms with E-state index in [2.05, 4.69) is 5.32 Å². The van der Waals surface area contributed by atoms with Crippen LogP contribution in [0.25, 0.3) is 6.08 Å². The normalized spacial score (nSPS) is 20.7. The highest BCUT2D eigenvalue weighted by molar-refractivity contribution is 5.79. The summed E-state index contributed by atoms with van der Waals surface area (Å²) in [4.78, 5) is 28.7. The number of urea groups is 1. The topological polar surface area (TPSA) is 52.7 Å². The van der Waals surface area contributed by atoms with Gasteiger partial charge in [0.1, 0.15) is 11.6 Å². The monoisotopic (exact) mass is 417 g/mol. The Kier molecular flexibility index (Phi) is 6.35. The molecule has 30 heavy (non-hydrogen) atoms. The fourth-order valence-corrected chi connectivity index (χ4v) is 4.41. The fourth-order valence-electron chi connectivity index (χ4n) is 4.41. The summed E-state index contributed by atoms with van der Waals surface area (Å²) in [6, 6.07) is 3.47. The summed E-state index contributed by atoms with van der Waals surface area (Å²) < 4.78 is 27.2. The van der Waals surface area contributed by atoms with E-state index < -0.39 is 11.6 Å². The van der Waals surface area contributed by atoms with Crippen molar-refractivity contribution in [3.63, 3.8) is 0 Å². The minimum Gasteiger partial charge on any atom is -0.342 e. The Morgan fingerprint density at radius 2 is 1.67 bits per heavy atom. The molecule has 1 aliphatic carbocycles. The highest BCUT2D eigenvalue weighted by Gasteiger charge is 2.32. The number of halogens is 2. The van der Waals surface area contributed by atoms with E-state index in [-0.39, 0.29) is 29.5 Å². The van der Waals surface area contributed by atoms with Gasteiger partial charge in [-0.2, -0.15) is 0 Å². The van der Waals surface area contributed by atoms with E-state index in [9.17, 15) is 18.4 Å². The van der Waals surface area contributed by atoms with Crippen LogP contribution in [0.1, 0.15) is 50.5 Å². The van der Waals surface area contributed by atoms with E-state index in [4.69, 9.17) is 0 Å². The van der Waals surface area contributed by atoms with Gasteiger partial charge in [0.05, 0.1) is 0 Å². The van der Waals surface area contributed by atoms with Gasteiger partial charge < -0.3 is 15.1 Å². The van der Waals surface area contributed by atoms with Crippen LogP contribution in [0.5, 0.6) is 0 Å². The van der Waals surface area contributed by atoms with E-state index in [1.54, 1.807) is 11.0 Å². The van der Waals surface area contributed by atoms with Crippen molar-refractivity contribution in [2.75, 3.05) is 26.2 Å². The Hall–Kier alpha value is -2.44. The zero-order chi connectivity index (χ0) is 21.1. The van der Waals surface area contributed by atoms with Crippen molar-refractivity contribution in [3.8, 4) is 0 Å². The van der Waals surface area contributed by atoms with Crippen LogP contribution in [0.4, 0.5) is 13.6 Å². The zero-order valence-corrected chi connectivity index (χ0v) is 17.2. The van der Waals surface area contributed by atoms with Gasteiger partial charge in [0.2, 0.25) is 5.91 Å². The maximum Gasteiger partial charge on any atom is 0.317 e. The Bertz CT molecular complexity index is 820. The largest absolute Gasteiger partial charge is 0.342 e. The van der Waals surface area contributed by atoms with Gasteiger partial charge in [0.25, 0.3) is 0 Å². The van der Waals surface area contributed by atoms with Gasteiger partial charge in [-0.3, -0.25) is 4.79 Å². The van der Waals surface area contributed by atoms with E-state index in [0.29, 0.717) is 39.0 Å². The first-order valence-corrected chi connectivity index (χ1v) is 11.0. The lowest BCUT2D eigenvalue weighted by molar-refractivity contribution is -0.139. The highest BCUT2D eigenvalue weighted by atomic mass is 19.1. The van der Waals surface area contributed by atoms with Crippen molar-refractivity contribution in [1.29, 1.82) is 0 Å². The van der Waals surface area contributed by atoms with Crippen LogP contribution in [0.3, 0.4) is 0 Å². The van der Waals surface area contributed by atoms with E-state index in [0.717, 1.165) is 49.8 Å². The van der Waals surface area contributed by atoms with Crippen LogP contribution in [-0.2, 0) is 4.79 Å². The third kappa shape index (κ3) is 4.82. The average molecular weight is 418 g/mol. The number of benzene rings is 1. The number of amides is 3. The molecule has 2 aliphatic heterocycles. The third-order valence-electron chi connectivity index (χ3n) is 6.60. The minimum absolute atomic E-state index is 0.0743. The van der Waals surface area contributed by atoms with Gasteiger partial charge in [-0.25, -0.2) is 13.6 Å². The average Bonchev–Trinajstić information content (AvgIpc) is 2.70. The predicted octanol–water partition coefficient (Wildman–Crippen LogP) is 3.94. The predicted molar refractivity (Wildman–Crippen MR) is 111 cm³/mol. The number of rotatable bonds is 3. The van der Waals surface area contributed by atoms with E-state index in [1.807, 2.05) is 4.90 Å². The number of carbonyl (C=O) groups excluding carboxylic acids is 2. The Balaban J connectivity index is 1.22. The standard InChI is InChI=1S/C23H29F2N3O2/c24-19-4-5-21(25)18(15-19)14-16-6-10-28(11-7-16)23(30)26-20-8-12-27(13-9-20)22(29)17-2-1-3-17/h4-5,14-15,17,20H,1-3,6-13H2,(H,26,30). The lowest BCUT2D eigenvalue weighted by atomic mass is 9.84. The summed E-state index contributed by atoms with van der Waals surface area (Å²) in [5.74, 6) is -0.379. The molecule has 1 aromatic rings. The molecule has 1 aromatic carbocycles. The quantitative estimate of drug-likeness (QED) is 0.810. The maximum atomic E-state index is 13.8. The fraction of sp³-hybridized carbons (Fsp3) is 0.565. The van der Waals surface area contributed by atoms with Crippen LogP contribution >= 0.6 is 0 Å². The number of carbonyl (C=O) groups is 2. The molecule has 1 N–H and O–H groups in total. The zero-order valence-electron chi connectivity index (χ0n) is 17.2. The molecule has 3 aliphatic rings. The molecule has 2 heterocycles. The molecule has 4 rings (SSSR count). The molecule has 0 aromatic heterocycles. The highest BCUT2D eigenvalue weighted by Crippen LogP contribution is 2.29. The first-order chi connectivity index (χ1) is 14.5. The second kappa shape index (κ2) is 9.14. The molecule has 2 saturated heterocycles. The molecule has 0 spiro atoms. The molecule has 0 unspecified atom stereocenters. The lowest BCUT2D eigenvalue weighted by Crippen LogP contribution is -2.52. The van der Waals surface area contributed by atoms with Crippen molar-refractivity contribution in [1.82, 2.24) is 15.1 Å². The number of piperidine rings is 2. The van der Waals surface area contributed by atoms with Gasteiger partial charge >= 0.3 is 6.03 Å². The van der Waals surface area contributed by atoms with Gasteiger partial charge in [-0.1, -0.05) is 18.1 Å². The summed E-state index contributed by atoms with van der Waals surface area (Å²) in [6.07, 6.45) is 7.79. The molecule has 0 radical (unpaired) electrons. The second-order valence-electron chi connectivity index (χ2n) is 8.63. The Morgan fingerprint density at radius 3 is 2.30 bits per heavy atom. The van der Waals surface area contributed by atoms with E-state index in [1.165, 1.54) is 6.07 Å². The van der Waals surface area contributed by atoms with Crippen LogP contribution in [0, 0.1) is 17.6 Å². The van der Waals surface area contributed by atoms with Gasteiger partial charge in [0, 0.05) is 43.7 Å².